The molecule has 0 heterocycles. The second kappa shape index (κ2) is 6.60. The van der Waals surface area contributed by atoms with Crippen LogP contribution in [0, 0.1) is 5.82 Å². The van der Waals surface area contributed by atoms with Crippen LogP contribution >= 0.6 is 34.8 Å². The van der Waals surface area contributed by atoms with Gasteiger partial charge in [0.15, 0.2) is 0 Å². The largest absolute Gasteiger partial charge is 0.207 e. The molecule has 0 bridgehead atoms. The lowest BCUT2D eigenvalue weighted by atomic mass is 9.93. The van der Waals surface area contributed by atoms with Gasteiger partial charge in [-0.1, -0.05) is 41.4 Å². The van der Waals surface area contributed by atoms with Crippen LogP contribution in [0.1, 0.15) is 17.0 Å². The summed E-state index contributed by atoms with van der Waals surface area (Å²) in [5.74, 6) is 0.218. The minimum Gasteiger partial charge on any atom is -0.207 e. The van der Waals surface area contributed by atoms with Crippen molar-refractivity contribution in [2.75, 3.05) is 5.88 Å². The van der Waals surface area contributed by atoms with Crippen LogP contribution in [-0.2, 0) is 6.42 Å². The summed E-state index contributed by atoms with van der Waals surface area (Å²) in [4.78, 5) is 0. The molecule has 0 radical (unpaired) electrons. The molecule has 0 aliphatic heterocycles. The highest BCUT2D eigenvalue weighted by molar-refractivity contribution is 6.31. The Hall–Kier alpha value is -0.760. The Kier molecular flexibility index (Phi) is 5.09. The Morgan fingerprint density at radius 2 is 1.84 bits per heavy atom. The summed E-state index contributed by atoms with van der Waals surface area (Å²) >= 11 is 18.1. The zero-order valence-electron chi connectivity index (χ0n) is 10.0. The van der Waals surface area contributed by atoms with E-state index in [0.29, 0.717) is 22.3 Å². The molecule has 0 aromatic heterocycles. The van der Waals surface area contributed by atoms with Gasteiger partial charge in [0.25, 0.3) is 0 Å². The number of rotatable bonds is 4. The Morgan fingerprint density at radius 3 is 2.47 bits per heavy atom. The summed E-state index contributed by atoms with van der Waals surface area (Å²) < 4.78 is 13.0. The quantitative estimate of drug-likeness (QED) is 0.635. The topological polar surface area (TPSA) is 0 Å². The Bertz CT molecular complexity index is 569. The number of hydrogen-bond acceptors (Lipinski definition) is 0. The molecule has 0 saturated carbocycles. The van der Waals surface area contributed by atoms with E-state index in [4.69, 9.17) is 34.8 Å². The maximum Gasteiger partial charge on any atom is 0.124 e. The van der Waals surface area contributed by atoms with Gasteiger partial charge in [0.1, 0.15) is 5.82 Å². The molecule has 0 amide bonds. The smallest absolute Gasteiger partial charge is 0.124 e. The van der Waals surface area contributed by atoms with Gasteiger partial charge in [-0.2, -0.15) is 0 Å². The van der Waals surface area contributed by atoms with Crippen LogP contribution in [0.3, 0.4) is 0 Å². The van der Waals surface area contributed by atoms with Crippen molar-refractivity contribution < 1.29 is 4.39 Å². The van der Waals surface area contributed by atoms with E-state index in [-0.39, 0.29) is 11.7 Å². The fourth-order valence-corrected chi connectivity index (χ4v) is 2.71. The molecule has 0 nitrogen and oxygen atoms in total. The number of halogens is 4. The first-order chi connectivity index (χ1) is 9.10. The lowest BCUT2D eigenvalue weighted by Crippen LogP contribution is -2.05. The van der Waals surface area contributed by atoms with E-state index in [1.807, 2.05) is 24.3 Å². The zero-order chi connectivity index (χ0) is 13.8. The lowest BCUT2D eigenvalue weighted by Gasteiger charge is -2.15. The third-order valence-corrected chi connectivity index (χ3v) is 3.95. The van der Waals surface area contributed by atoms with Crippen molar-refractivity contribution in [1.29, 1.82) is 0 Å². The van der Waals surface area contributed by atoms with Crippen LogP contribution < -0.4 is 0 Å². The molecule has 2 aromatic carbocycles. The van der Waals surface area contributed by atoms with Crippen LogP contribution in [-0.4, -0.2) is 5.88 Å². The standard InChI is InChI=1S/C15H12Cl3F/c16-9-12(10-2-1-3-13(17)7-10)6-11-4-5-14(19)8-15(11)18/h1-5,7-8,12H,6,9H2. The molecule has 0 fully saturated rings. The Balaban J connectivity index is 2.24. The SMILES string of the molecule is Fc1ccc(CC(CCl)c2cccc(Cl)c2)c(Cl)c1. The van der Waals surface area contributed by atoms with Crippen molar-refractivity contribution in [3.05, 3.63) is 69.5 Å². The minimum atomic E-state index is -0.334. The third kappa shape index (κ3) is 3.85. The normalized spacial score (nSPS) is 12.4. The molecular weight excluding hydrogens is 306 g/mol. The van der Waals surface area contributed by atoms with Crippen molar-refractivity contribution >= 4 is 34.8 Å². The first kappa shape index (κ1) is 14.6. The van der Waals surface area contributed by atoms with E-state index in [2.05, 4.69) is 0 Å². The summed E-state index contributed by atoms with van der Waals surface area (Å²) in [5, 5.41) is 1.11. The predicted molar refractivity (Wildman–Crippen MR) is 80.0 cm³/mol. The molecule has 19 heavy (non-hydrogen) atoms. The van der Waals surface area contributed by atoms with Gasteiger partial charge in [0.2, 0.25) is 0 Å². The molecule has 4 heteroatoms. The van der Waals surface area contributed by atoms with E-state index < -0.39 is 0 Å². The van der Waals surface area contributed by atoms with Crippen molar-refractivity contribution in [2.24, 2.45) is 0 Å². The average Bonchev–Trinajstić information content (AvgIpc) is 2.38. The Labute approximate surface area is 127 Å². The van der Waals surface area contributed by atoms with Crippen LogP contribution in [0.25, 0.3) is 0 Å². The van der Waals surface area contributed by atoms with E-state index in [1.165, 1.54) is 12.1 Å². The molecule has 0 N–H and O–H groups in total. The summed E-state index contributed by atoms with van der Waals surface area (Å²) in [6.07, 6.45) is 0.656. The zero-order valence-corrected chi connectivity index (χ0v) is 12.3. The molecule has 1 atom stereocenters. The Morgan fingerprint density at radius 1 is 1.05 bits per heavy atom. The van der Waals surface area contributed by atoms with Gasteiger partial charge >= 0.3 is 0 Å². The van der Waals surface area contributed by atoms with Crippen molar-refractivity contribution in [3.63, 3.8) is 0 Å². The summed E-state index contributed by atoms with van der Waals surface area (Å²) in [6, 6.07) is 12.0. The fourth-order valence-electron chi connectivity index (χ4n) is 1.97. The molecule has 1 unspecified atom stereocenters. The molecule has 0 saturated heterocycles. The fraction of sp³-hybridized carbons (Fsp3) is 0.200. The maximum absolute atomic E-state index is 13.0. The van der Waals surface area contributed by atoms with Crippen LogP contribution in [0.4, 0.5) is 4.39 Å². The van der Waals surface area contributed by atoms with E-state index in [1.54, 1.807) is 6.07 Å². The molecule has 0 spiro atoms. The monoisotopic (exact) mass is 316 g/mol. The molecule has 2 rings (SSSR count). The maximum atomic E-state index is 13.0. The average molecular weight is 318 g/mol. The van der Waals surface area contributed by atoms with Gasteiger partial charge < -0.3 is 0 Å². The van der Waals surface area contributed by atoms with Crippen molar-refractivity contribution in [2.45, 2.75) is 12.3 Å². The van der Waals surface area contributed by atoms with E-state index in [9.17, 15) is 4.39 Å². The summed E-state index contributed by atoms with van der Waals surface area (Å²) in [7, 11) is 0. The molecular formula is C15H12Cl3F. The minimum absolute atomic E-state index is 0.100. The van der Waals surface area contributed by atoms with Crippen LogP contribution in [0.2, 0.25) is 10.0 Å². The molecule has 0 aliphatic rings. The predicted octanol–water partition coefficient (Wildman–Crippen LogP) is 5.70. The number of hydrogen-bond donors (Lipinski definition) is 0. The third-order valence-electron chi connectivity index (χ3n) is 2.99. The molecule has 100 valence electrons. The highest BCUT2D eigenvalue weighted by Crippen LogP contribution is 2.28. The molecule has 0 aliphatic carbocycles. The van der Waals surface area contributed by atoms with Gasteiger partial charge in [0, 0.05) is 21.8 Å². The first-order valence-corrected chi connectivity index (χ1v) is 7.14. The van der Waals surface area contributed by atoms with Gasteiger partial charge in [-0.25, -0.2) is 4.39 Å². The van der Waals surface area contributed by atoms with Crippen LogP contribution in [0.5, 0.6) is 0 Å². The van der Waals surface area contributed by atoms with E-state index >= 15 is 0 Å². The number of alkyl halides is 1. The van der Waals surface area contributed by atoms with Gasteiger partial charge in [0.05, 0.1) is 0 Å². The van der Waals surface area contributed by atoms with Crippen molar-refractivity contribution in [1.82, 2.24) is 0 Å². The second-order valence-corrected chi connectivity index (χ2v) is 5.50. The highest BCUT2D eigenvalue weighted by atomic mass is 35.5. The van der Waals surface area contributed by atoms with Crippen LogP contribution in [0.15, 0.2) is 42.5 Å². The van der Waals surface area contributed by atoms with E-state index in [0.717, 1.165) is 11.1 Å². The first-order valence-electron chi connectivity index (χ1n) is 5.85. The number of benzene rings is 2. The van der Waals surface area contributed by atoms with Gasteiger partial charge in [-0.3, -0.25) is 0 Å². The highest BCUT2D eigenvalue weighted by Gasteiger charge is 2.14. The van der Waals surface area contributed by atoms with Gasteiger partial charge in [-0.15, -0.1) is 11.6 Å². The summed E-state index contributed by atoms with van der Waals surface area (Å²) in [6.45, 7) is 0. The second-order valence-electron chi connectivity index (χ2n) is 4.35. The van der Waals surface area contributed by atoms with Crippen molar-refractivity contribution in [3.8, 4) is 0 Å². The van der Waals surface area contributed by atoms with Gasteiger partial charge in [-0.05, 0) is 41.8 Å². The molecule has 2 aromatic rings. The summed E-state index contributed by atoms with van der Waals surface area (Å²) in [5.41, 5.74) is 1.94. The lowest BCUT2D eigenvalue weighted by molar-refractivity contribution is 0.626.